The Labute approximate surface area is 90.3 Å². The van der Waals surface area contributed by atoms with Crippen molar-refractivity contribution in [2.24, 2.45) is 0 Å². The summed E-state index contributed by atoms with van der Waals surface area (Å²) < 4.78 is 0. The fourth-order valence-corrected chi connectivity index (χ4v) is 2.27. The van der Waals surface area contributed by atoms with E-state index in [1.54, 1.807) is 0 Å². The van der Waals surface area contributed by atoms with E-state index in [2.05, 4.69) is 36.0 Å². The largest absolute Gasteiger partial charge is 0.312 e. The molecule has 2 rings (SSSR count). The SMILES string of the molecule is C#CCc1cc(S)cc2c1CCNC2. The number of benzene rings is 1. The van der Waals surface area contributed by atoms with Crippen LogP contribution in [0, 0.1) is 12.3 Å². The molecular formula is C12H13NS. The summed E-state index contributed by atoms with van der Waals surface area (Å²) in [5.41, 5.74) is 4.06. The van der Waals surface area contributed by atoms with Gasteiger partial charge in [0.15, 0.2) is 0 Å². The van der Waals surface area contributed by atoms with Crippen LogP contribution in [-0.2, 0) is 19.4 Å². The van der Waals surface area contributed by atoms with Gasteiger partial charge < -0.3 is 5.32 Å². The van der Waals surface area contributed by atoms with Gasteiger partial charge in [-0.15, -0.1) is 25.0 Å². The first-order valence-corrected chi connectivity index (χ1v) is 5.24. The second kappa shape index (κ2) is 4.08. The van der Waals surface area contributed by atoms with Crippen molar-refractivity contribution in [3.8, 4) is 12.3 Å². The molecule has 0 atom stereocenters. The molecule has 0 saturated heterocycles. The van der Waals surface area contributed by atoms with Gasteiger partial charge in [-0.2, -0.15) is 0 Å². The minimum absolute atomic E-state index is 0.719. The van der Waals surface area contributed by atoms with Crippen LogP contribution in [0.15, 0.2) is 17.0 Å². The van der Waals surface area contributed by atoms with Crippen LogP contribution < -0.4 is 5.32 Å². The van der Waals surface area contributed by atoms with E-state index in [9.17, 15) is 0 Å². The minimum Gasteiger partial charge on any atom is -0.312 e. The first-order chi connectivity index (χ1) is 6.81. The van der Waals surface area contributed by atoms with Crippen molar-refractivity contribution in [1.29, 1.82) is 0 Å². The molecule has 0 saturated carbocycles. The Balaban J connectivity index is 2.48. The van der Waals surface area contributed by atoms with E-state index in [0.29, 0.717) is 0 Å². The zero-order valence-electron chi connectivity index (χ0n) is 8.01. The molecular weight excluding hydrogens is 190 g/mol. The summed E-state index contributed by atoms with van der Waals surface area (Å²) in [4.78, 5) is 1.01. The molecule has 0 fully saturated rings. The fourth-order valence-electron chi connectivity index (χ4n) is 1.96. The maximum Gasteiger partial charge on any atom is 0.0340 e. The van der Waals surface area contributed by atoms with Crippen molar-refractivity contribution in [1.82, 2.24) is 5.32 Å². The molecule has 0 spiro atoms. The first-order valence-electron chi connectivity index (χ1n) is 4.79. The van der Waals surface area contributed by atoms with Crippen molar-refractivity contribution >= 4 is 12.6 Å². The lowest BCUT2D eigenvalue weighted by molar-refractivity contribution is 0.638. The van der Waals surface area contributed by atoms with Crippen LogP contribution in [0.5, 0.6) is 0 Å². The molecule has 1 nitrogen and oxygen atoms in total. The van der Waals surface area contributed by atoms with Crippen molar-refractivity contribution in [3.63, 3.8) is 0 Å². The van der Waals surface area contributed by atoms with E-state index in [1.807, 2.05) is 0 Å². The number of fused-ring (bicyclic) bond motifs is 1. The second-order valence-electron chi connectivity index (χ2n) is 3.55. The van der Waals surface area contributed by atoms with Crippen molar-refractivity contribution in [2.45, 2.75) is 24.3 Å². The van der Waals surface area contributed by atoms with Gasteiger partial charge in [0.25, 0.3) is 0 Å². The Bertz CT molecular complexity index is 390. The highest BCUT2D eigenvalue weighted by Gasteiger charge is 2.12. The third-order valence-corrected chi connectivity index (χ3v) is 2.84. The van der Waals surface area contributed by atoms with Crippen molar-refractivity contribution < 1.29 is 0 Å². The van der Waals surface area contributed by atoms with E-state index in [4.69, 9.17) is 6.42 Å². The molecule has 1 N–H and O–H groups in total. The highest BCUT2D eigenvalue weighted by atomic mass is 32.1. The third kappa shape index (κ3) is 1.79. The standard InChI is InChI=1S/C12H13NS/c1-2-3-9-6-11(14)7-10-8-13-5-4-12(9)10/h1,6-7,13-14H,3-5,8H2. The summed E-state index contributed by atoms with van der Waals surface area (Å²) in [6, 6.07) is 4.22. The lowest BCUT2D eigenvalue weighted by atomic mass is 9.94. The Kier molecular flexibility index (Phi) is 2.81. The topological polar surface area (TPSA) is 12.0 Å². The number of rotatable bonds is 1. The summed E-state index contributed by atoms with van der Waals surface area (Å²) in [6.45, 7) is 2.00. The molecule has 1 aliphatic heterocycles. The molecule has 0 amide bonds. The average Bonchev–Trinajstić information content (AvgIpc) is 2.18. The monoisotopic (exact) mass is 203 g/mol. The number of nitrogens with one attached hydrogen (secondary N) is 1. The molecule has 1 heterocycles. The Morgan fingerprint density at radius 3 is 3.14 bits per heavy atom. The summed E-state index contributed by atoms with van der Waals surface area (Å²) in [6.07, 6.45) is 7.16. The zero-order chi connectivity index (χ0) is 9.97. The lowest BCUT2D eigenvalue weighted by Crippen LogP contribution is -2.24. The summed E-state index contributed by atoms with van der Waals surface area (Å²) in [5, 5.41) is 3.35. The number of terminal acetylenes is 1. The predicted octanol–water partition coefficient (Wildman–Crippen LogP) is 1.80. The van der Waals surface area contributed by atoms with Gasteiger partial charge in [0.2, 0.25) is 0 Å². The van der Waals surface area contributed by atoms with Gasteiger partial charge in [-0.25, -0.2) is 0 Å². The van der Waals surface area contributed by atoms with Crippen LogP contribution in [0.25, 0.3) is 0 Å². The van der Waals surface area contributed by atoms with E-state index in [0.717, 1.165) is 30.8 Å². The first kappa shape index (κ1) is 9.64. The minimum atomic E-state index is 0.719. The molecule has 1 aromatic rings. The quantitative estimate of drug-likeness (QED) is 0.524. The smallest absolute Gasteiger partial charge is 0.0340 e. The number of thiol groups is 1. The van der Waals surface area contributed by atoms with Gasteiger partial charge in [0.1, 0.15) is 0 Å². The van der Waals surface area contributed by atoms with Crippen LogP contribution in [-0.4, -0.2) is 6.54 Å². The molecule has 0 aliphatic carbocycles. The molecule has 1 aliphatic rings. The highest BCUT2D eigenvalue weighted by Crippen LogP contribution is 2.23. The third-order valence-electron chi connectivity index (χ3n) is 2.58. The van der Waals surface area contributed by atoms with Crippen LogP contribution in [0.3, 0.4) is 0 Å². The van der Waals surface area contributed by atoms with Crippen LogP contribution in [0.4, 0.5) is 0 Å². The van der Waals surface area contributed by atoms with Gasteiger partial charge >= 0.3 is 0 Å². The fraction of sp³-hybridized carbons (Fsp3) is 0.333. The van der Waals surface area contributed by atoms with Gasteiger partial charge in [-0.3, -0.25) is 0 Å². The van der Waals surface area contributed by atoms with E-state index < -0.39 is 0 Å². The molecule has 14 heavy (non-hydrogen) atoms. The lowest BCUT2D eigenvalue weighted by Gasteiger charge is -2.20. The maximum absolute atomic E-state index is 5.35. The van der Waals surface area contributed by atoms with E-state index in [-0.39, 0.29) is 0 Å². The summed E-state index contributed by atoms with van der Waals surface area (Å²) in [7, 11) is 0. The van der Waals surface area contributed by atoms with Crippen molar-refractivity contribution in [3.05, 3.63) is 28.8 Å². The average molecular weight is 203 g/mol. The molecule has 72 valence electrons. The second-order valence-corrected chi connectivity index (χ2v) is 4.07. The van der Waals surface area contributed by atoms with Gasteiger partial charge in [0, 0.05) is 17.9 Å². The molecule has 0 radical (unpaired) electrons. The van der Waals surface area contributed by atoms with Crippen LogP contribution in [0.2, 0.25) is 0 Å². The highest BCUT2D eigenvalue weighted by molar-refractivity contribution is 7.80. The summed E-state index contributed by atoms with van der Waals surface area (Å²) in [5.74, 6) is 2.71. The van der Waals surface area contributed by atoms with Crippen LogP contribution in [0.1, 0.15) is 16.7 Å². The van der Waals surface area contributed by atoms with Crippen LogP contribution >= 0.6 is 12.6 Å². The number of hydrogen-bond donors (Lipinski definition) is 2. The molecule has 0 bridgehead atoms. The van der Waals surface area contributed by atoms with E-state index in [1.165, 1.54) is 16.7 Å². The Morgan fingerprint density at radius 2 is 2.36 bits per heavy atom. The maximum atomic E-state index is 5.35. The van der Waals surface area contributed by atoms with Gasteiger partial charge in [-0.05, 0) is 41.8 Å². The van der Waals surface area contributed by atoms with Gasteiger partial charge in [0.05, 0.1) is 0 Å². The predicted molar refractivity (Wildman–Crippen MR) is 61.6 cm³/mol. The molecule has 2 heteroatoms. The zero-order valence-corrected chi connectivity index (χ0v) is 8.90. The molecule has 1 aromatic carbocycles. The van der Waals surface area contributed by atoms with Crippen molar-refractivity contribution in [2.75, 3.05) is 6.54 Å². The van der Waals surface area contributed by atoms with E-state index >= 15 is 0 Å². The number of hydrogen-bond acceptors (Lipinski definition) is 2. The molecule has 0 unspecified atom stereocenters. The Hall–Kier alpha value is -0.910. The Morgan fingerprint density at radius 1 is 1.50 bits per heavy atom. The van der Waals surface area contributed by atoms with Gasteiger partial charge in [-0.1, -0.05) is 0 Å². The summed E-state index contributed by atoms with van der Waals surface area (Å²) >= 11 is 4.38. The molecule has 0 aromatic heterocycles. The normalized spacial score (nSPS) is 14.6.